The van der Waals surface area contributed by atoms with Crippen molar-refractivity contribution < 1.29 is 0 Å². The molecule has 0 aromatic carbocycles. The third-order valence-electron chi connectivity index (χ3n) is 3.96. The first kappa shape index (κ1) is 14.5. The molecule has 5 heteroatoms. The van der Waals surface area contributed by atoms with E-state index in [9.17, 15) is 0 Å². The summed E-state index contributed by atoms with van der Waals surface area (Å²) >= 11 is 7.31. The Hall–Kier alpha value is -1.46. The lowest BCUT2D eigenvalue weighted by Crippen LogP contribution is -2.45. The van der Waals surface area contributed by atoms with Crippen LogP contribution in [0.1, 0.15) is 36.1 Å². The van der Waals surface area contributed by atoms with Gasteiger partial charge in [0.05, 0.1) is 5.54 Å². The number of nitrogens with zero attached hydrogens (tertiary/aromatic N) is 1. The largest absolute Gasteiger partial charge is 0.352 e. The number of aromatic nitrogens is 1. The molecule has 0 atom stereocenters. The lowest BCUT2D eigenvalue weighted by Gasteiger charge is -2.30. The van der Waals surface area contributed by atoms with E-state index in [0.717, 1.165) is 18.7 Å². The summed E-state index contributed by atoms with van der Waals surface area (Å²) in [6.45, 7) is 2.05. The van der Waals surface area contributed by atoms with E-state index >= 15 is 0 Å². The molecule has 2 aromatic rings. The predicted octanol–water partition coefficient (Wildman–Crippen LogP) is 4.21. The fourth-order valence-electron chi connectivity index (χ4n) is 2.93. The summed E-state index contributed by atoms with van der Waals surface area (Å²) in [7, 11) is 0. The number of nitrogens with one attached hydrogen (secondary N) is 2. The Morgan fingerprint density at radius 1 is 1.33 bits per heavy atom. The first-order valence-corrected chi connectivity index (χ1v) is 8.53. The van der Waals surface area contributed by atoms with Crippen molar-refractivity contribution in [3.63, 3.8) is 0 Å². The SMILES string of the molecule is Cc1ccnc(NC(=S)NC2(c3cccs3)CCCC2)c1. The van der Waals surface area contributed by atoms with Crippen LogP contribution < -0.4 is 10.6 Å². The van der Waals surface area contributed by atoms with Crippen LogP contribution in [0.5, 0.6) is 0 Å². The maximum Gasteiger partial charge on any atom is 0.172 e. The highest BCUT2D eigenvalue weighted by Crippen LogP contribution is 2.40. The van der Waals surface area contributed by atoms with E-state index in [2.05, 4.69) is 33.1 Å². The molecule has 0 amide bonds. The summed E-state index contributed by atoms with van der Waals surface area (Å²) in [6.07, 6.45) is 6.56. The monoisotopic (exact) mass is 317 g/mol. The highest BCUT2D eigenvalue weighted by molar-refractivity contribution is 7.80. The van der Waals surface area contributed by atoms with E-state index < -0.39 is 0 Å². The van der Waals surface area contributed by atoms with Crippen LogP contribution in [0.2, 0.25) is 0 Å². The Kier molecular flexibility index (Phi) is 4.22. The van der Waals surface area contributed by atoms with Crippen molar-refractivity contribution in [3.05, 3.63) is 46.3 Å². The molecule has 110 valence electrons. The molecule has 1 fully saturated rings. The minimum atomic E-state index is 0.00206. The number of pyridine rings is 1. The molecule has 0 radical (unpaired) electrons. The first-order valence-electron chi connectivity index (χ1n) is 7.24. The van der Waals surface area contributed by atoms with Crippen molar-refractivity contribution in [2.45, 2.75) is 38.1 Å². The number of aryl methyl sites for hydroxylation is 1. The minimum absolute atomic E-state index is 0.00206. The summed E-state index contributed by atoms with van der Waals surface area (Å²) in [6, 6.07) is 8.29. The van der Waals surface area contributed by atoms with Gasteiger partial charge in [0.1, 0.15) is 5.82 Å². The third kappa shape index (κ3) is 3.24. The van der Waals surface area contributed by atoms with Crippen molar-refractivity contribution >= 4 is 34.5 Å². The van der Waals surface area contributed by atoms with E-state index in [4.69, 9.17) is 12.2 Å². The van der Waals surface area contributed by atoms with E-state index in [-0.39, 0.29) is 5.54 Å². The average Bonchev–Trinajstić information content (AvgIpc) is 3.09. The van der Waals surface area contributed by atoms with E-state index in [1.807, 2.05) is 19.1 Å². The zero-order valence-electron chi connectivity index (χ0n) is 12.1. The van der Waals surface area contributed by atoms with Crippen LogP contribution in [-0.4, -0.2) is 10.1 Å². The molecular formula is C16H19N3S2. The van der Waals surface area contributed by atoms with Gasteiger partial charge in [0, 0.05) is 11.1 Å². The van der Waals surface area contributed by atoms with E-state index in [1.54, 1.807) is 17.5 Å². The Balaban J connectivity index is 1.73. The summed E-state index contributed by atoms with van der Waals surface area (Å²) in [5.74, 6) is 0.798. The molecule has 1 saturated carbocycles. The first-order chi connectivity index (χ1) is 10.2. The van der Waals surface area contributed by atoms with Gasteiger partial charge in [0.15, 0.2) is 5.11 Å². The van der Waals surface area contributed by atoms with Crippen LogP contribution in [0.15, 0.2) is 35.8 Å². The van der Waals surface area contributed by atoms with Gasteiger partial charge in [-0.15, -0.1) is 11.3 Å². The molecule has 2 N–H and O–H groups in total. The Bertz CT molecular complexity index is 616. The normalized spacial score (nSPS) is 16.6. The van der Waals surface area contributed by atoms with Crippen LogP contribution in [0, 0.1) is 6.92 Å². The fraction of sp³-hybridized carbons (Fsp3) is 0.375. The average molecular weight is 317 g/mol. The lowest BCUT2D eigenvalue weighted by molar-refractivity contribution is 0.417. The van der Waals surface area contributed by atoms with Gasteiger partial charge in [0.2, 0.25) is 0 Å². The number of anilines is 1. The number of thiocarbonyl (C=S) groups is 1. The molecule has 0 unspecified atom stereocenters. The molecule has 3 nitrogen and oxygen atoms in total. The molecule has 3 rings (SSSR count). The van der Waals surface area contributed by atoms with Gasteiger partial charge < -0.3 is 10.6 Å². The van der Waals surface area contributed by atoms with Gasteiger partial charge in [-0.2, -0.15) is 0 Å². The smallest absolute Gasteiger partial charge is 0.172 e. The van der Waals surface area contributed by atoms with Crippen molar-refractivity contribution in [2.75, 3.05) is 5.32 Å². The molecule has 0 spiro atoms. The fourth-order valence-corrected chi connectivity index (χ4v) is 4.17. The Morgan fingerprint density at radius 2 is 2.14 bits per heavy atom. The summed E-state index contributed by atoms with van der Waals surface area (Å²) in [5.41, 5.74) is 1.17. The molecule has 2 heterocycles. The standard InChI is InChI=1S/C16H19N3S2/c1-12-6-9-17-14(11-12)18-15(20)19-16(7-2-3-8-16)13-5-4-10-21-13/h4-6,9-11H,2-3,7-8H2,1H3,(H2,17,18,19,20). The van der Waals surface area contributed by atoms with E-state index in [1.165, 1.54) is 23.3 Å². The van der Waals surface area contributed by atoms with Crippen molar-refractivity contribution in [1.29, 1.82) is 0 Å². The molecule has 2 aromatic heterocycles. The number of rotatable bonds is 3. The quantitative estimate of drug-likeness (QED) is 0.832. The molecule has 0 bridgehead atoms. The number of thiophene rings is 1. The minimum Gasteiger partial charge on any atom is -0.352 e. The molecule has 0 saturated heterocycles. The zero-order valence-corrected chi connectivity index (χ0v) is 13.7. The van der Waals surface area contributed by atoms with E-state index in [0.29, 0.717) is 5.11 Å². The Morgan fingerprint density at radius 3 is 2.81 bits per heavy atom. The maximum absolute atomic E-state index is 5.50. The predicted molar refractivity (Wildman–Crippen MR) is 92.8 cm³/mol. The summed E-state index contributed by atoms with van der Waals surface area (Å²) in [5, 5.41) is 9.55. The van der Waals surface area contributed by atoms with Crippen molar-refractivity contribution in [3.8, 4) is 0 Å². The second-order valence-electron chi connectivity index (χ2n) is 5.56. The van der Waals surface area contributed by atoms with Gasteiger partial charge >= 0.3 is 0 Å². The highest BCUT2D eigenvalue weighted by atomic mass is 32.1. The zero-order chi connectivity index (χ0) is 14.7. The maximum atomic E-state index is 5.50. The van der Waals surface area contributed by atoms with Crippen molar-refractivity contribution in [1.82, 2.24) is 10.3 Å². The summed E-state index contributed by atoms with van der Waals surface area (Å²) < 4.78 is 0. The number of hydrogen-bond donors (Lipinski definition) is 2. The molecular weight excluding hydrogens is 298 g/mol. The van der Waals surface area contributed by atoms with Gasteiger partial charge in [-0.25, -0.2) is 4.98 Å². The van der Waals surface area contributed by atoms with Crippen LogP contribution in [0.4, 0.5) is 5.82 Å². The molecule has 21 heavy (non-hydrogen) atoms. The molecule has 1 aliphatic rings. The lowest BCUT2D eigenvalue weighted by atomic mass is 9.96. The molecule has 1 aliphatic carbocycles. The topological polar surface area (TPSA) is 37.0 Å². The van der Waals surface area contributed by atoms with Crippen LogP contribution >= 0.6 is 23.6 Å². The van der Waals surface area contributed by atoms with Gasteiger partial charge in [-0.1, -0.05) is 18.9 Å². The van der Waals surface area contributed by atoms with Crippen LogP contribution in [-0.2, 0) is 5.54 Å². The summed E-state index contributed by atoms with van der Waals surface area (Å²) in [4.78, 5) is 5.68. The second kappa shape index (κ2) is 6.12. The Labute approximate surface area is 134 Å². The second-order valence-corrected chi connectivity index (χ2v) is 6.92. The van der Waals surface area contributed by atoms with Crippen LogP contribution in [0.25, 0.3) is 0 Å². The van der Waals surface area contributed by atoms with Crippen LogP contribution in [0.3, 0.4) is 0 Å². The number of hydrogen-bond acceptors (Lipinski definition) is 3. The van der Waals surface area contributed by atoms with Gasteiger partial charge in [-0.3, -0.25) is 0 Å². The third-order valence-corrected chi connectivity index (χ3v) is 5.24. The highest BCUT2D eigenvalue weighted by Gasteiger charge is 2.37. The van der Waals surface area contributed by atoms with Gasteiger partial charge in [-0.05, 0) is 61.1 Å². The molecule has 0 aliphatic heterocycles. The van der Waals surface area contributed by atoms with Crippen molar-refractivity contribution in [2.24, 2.45) is 0 Å². The van der Waals surface area contributed by atoms with Gasteiger partial charge in [0.25, 0.3) is 0 Å².